The summed E-state index contributed by atoms with van der Waals surface area (Å²) in [5.74, 6) is 1.70. The number of nitrogens with one attached hydrogen (secondary N) is 1. The molecule has 1 N–H and O–H groups in total. The van der Waals surface area contributed by atoms with Crippen molar-refractivity contribution in [1.82, 2.24) is 9.88 Å². The van der Waals surface area contributed by atoms with Crippen molar-refractivity contribution in [2.45, 2.75) is 44.2 Å². The molecule has 2 aromatic carbocycles. The molecule has 29 heavy (non-hydrogen) atoms. The van der Waals surface area contributed by atoms with Gasteiger partial charge in [-0.05, 0) is 74.5 Å². The van der Waals surface area contributed by atoms with Gasteiger partial charge in [0.25, 0.3) is 0 Å². The van der Waals surface area contributed by atoms with Gasteiger partial charge < -0.3 is 14.5 Å². The van der Waals surface area contributed by atoms with Crippen LogP contribution >= 0.6 is 0 Å². The number of hydrogen-bond donors (Lipinski definition) is 1. The molecule has 1 fully saturated rings. The Morgan fingerprint density at radius 2 is 2.10 bits per heavy atom. The van der Waals surface area contributed by atoms with E-state index in [0.717, 1.165) is 54.8 Å². The first-order valence-electron chi connectivity index (χ1n) is 10.5. The maximum absolute atomic E-state index is 13.6. The second-order valence-electron chi connectivity index (χ2n) is 8.18. The highest BCUT2D eigenvalue weighted by Crippen LogP contribution is 2.37. The van der Waals surface area contributed by atoms with Gasteiger partial charge in [-0.1, -0.05) is 6.07 Å². The normalized spacial score (nSPS) is 18.7. The second-order valence-corrected chi connectivity index (χ2v) is 8.18. The third-order valence-corrected chi connectivity index (χ3v) is 6.26. The van der Waals surface area contributed by atoms with Crippen molar-refractivity contribution in [3.63, 3.8) is 0 Å². The van der Waals surface area contributed by atoms with Gasteiger partial charge in [-0.2, -0.15) is 0 Å². The van der Waals surface area contributed by atoms with Crippen LogP contribution in [-0.2, 0) is 12.8 Å². The lowest BCUT2D eigenvalue weighted by molar-refractivity contribution is 0.110. The molecule has 1 aliphatic carbocycles. The Morgan fingerprint density at radius 3 is 2.93 bits per heavy atom. The number of ether oxygens (including phenoxy) is 2. The van der Waals surface area contributed by atoms with Crippen LogP contribution in [0, 0.1) is 5.82 Å². The van der Waals surface area contributed by atoms with E-state index in [1.54, 1.807) is 13.2 Å². The van der Waals surface area contributed by atoms with E-state index in [-0.39, 0.29) is 5.82 Å². The molecule has 0 spiro atoms. The first-order chi connectivity index (χ1) is 14.2. The number of halogens is 1. The molecular formula is C24H27FN2O2. The maximum Gasteiger partial charge on any atom is 0.126 e. The zero-order chi connectivity index (χ0) is 19.8. The van der Waals surface area contributed by atoms with Crippen molar-refractivity contribution in [1.29, 1.82) is 0 Å². The van der Waals surface area contributed by atoms with Gasteiger partial charge in [0.1, 0.15) is 23.9 Å². The highest BCUT2D eigenvalue weighted by molar-refractivity contribution is 5.83. The van der Waals surface area contributed by atoms with E-state index in [1.165, 1.54) is 30.0 Å². The number of methoxy groups -OCH3 is 1. The Balaban J connectivity index is 1.27. The monoisotopic (exact) mass is 394 g/mol. The van der Waals surface area contributed by atoms with Crippen molar-refractivity contribution >= 4 is 10.9 Å². The first kappa shape index (κ1) is 18.5. The van der Waals surface area contributed by atoms with Gasteiger partial charge in [-0.25, -0.2) is 4.39 Å². The predicted molar refractivity (Wildman–Crippen MR) is 112 cm³/mol. The van der Waals surface area contributed by atoms with Crippen molar-refractivity contribution in [2.75, 3.05) is 20.3 Å². The van der Waals surface area contributed by atoms with E-state index in [1.807, 2.05) is 30.5 Å². The molecule has 5 rings (SSSR count). The summed E-state index contributed by atoms with van der Waals surface area (Å²) < 4.78 is 25.3. The summed E-state index contributed by atoms with van der Waals surface area (Å²) in [6, 6.07) is 12.0. The zero-order valence-corrected chi connectivity index (χ0v) is 16.8. The van der Waals surface area contributed by atoms with Gasteiger partial charge in [0, 0.05) is 34.7 Å². The van der Waals surface area contributed by atoms with E-state index in [0.29, 0.717) is 12.1 Å². The fraction of sp³-hybridized carbons (Fsp3) is 0.417. The largest absolute Gasteiger partial charge is 0.496 e. The Bertz CT molecular complexity index is 997. The van der Waals surface area contributed by atoms with Crippen molar-refractivity contribution in [3.05, 3.63) is 59.5 Å². The maximum atomic E-state index is 13.6. The molecule has 1 aliphatic heterocycles. The van der Waals surface area contributed by atoms with E-state index < -0.39 is 0 Å². The smallest absolute Gasteiger partial charge is 0.126 e. The van der Waals surface area contributed by atoms with Gasteiger partial charge in [0.05, 0.1) is 7.11 Å². The van der Waals surface area contributed by atoms with Crippen LogP contribution < -0.4 is 9.47 Å². The zero-order valence-electron chi connectivity index (χ0n) is 16.8. The average molecular weight is 394 g/mol. The predicted octanol–water partition coefficient (Wildman–Crippen LogP) is 4.72. The summed E-state index contributed by atoms with van der Waals surface area (Å²) in [6.45, 7) is 1.76. The van der Waals surface area contributed by atoms with Crippen LogP contribution in [0.3, 0.4) is 0 Å². The van der Waals surface area contributed by atoms with Crippen LogP contribution in [0.15, 0.2) is 42.6 Å². The Morgan fingerprint density at radius 1 is 1.21 bits per heavy atom. The number of aryl methyl sites for hydroxylation is 1. The molecule has 3 aromatic rings. The van der Waals surface area contributed by atoms with Gasteiger partial charge in [0.15, 0.2) is 0 Å². The molecule has 2 heterocycles. The molecule has 1 aromatic heterocycles. The third-order valence-electron chi connectivity index (χ3n) is 6.26. The van der Waals surface area contributed by atoms with Gasteiger partial charge in [-0.15, -0.1) is 0 Å². The molecule has 0 bridgehead atoms. The van der Waals surface area contributed by atoms with Crippen molar-refractivity contribution in [2.24, 2.45) is 0 Å². The van der Waals surface area contributed by atoms with Crippen LogP contribution in [0.25, 0.3) is 10.9 Å². The van der Waals surface area contributed by atoms with E-state index in [4.69, 9.17) is 9.47 Å². The second kappa shape index (κ2) is 7.71. The number of fused-ring (bicyclic) bond motifs is 2. The van der Waals surface area contributed by atoms with Crippen molar-refractivity contribution in [3.8, 4) is 11.5 Å². The SMILES string of the molecule is COc1cccc2c1CC(N(CCCc1c[nH]c3ccc(F)cc13)C1CC1)CO2. The van der Waals surface area contributed by atoms with Gasteiger partial charge in [0.2, 0.25) is 0 Å². The van der Waals surface area contributed by atoms with E-state index in [9.17, 15) is 4.39 Å². The quantitative estimate of drug-likeness (QED) is 0.630. The van der Waals surface area contributed by atoms with E-state index in [2.05, 4.69) is 9.88 Å². The molecule has 1 unspecified atom stereocenters. The number of H-pyrrole nitrogens is 1. The fourth-order valence-electron chi connectivity index (χ4n) is 4.65. The fourth-order valence-corrected chi connectivity index (χ4v) is 4.65. The minimum absolute atomic E-state index is 0.176. The molecular weight excluding hydrogens is 367 g/mol. The summed E-state index contributed by atoms with van der Waals surface area (Å²) in [4.78, 5) is 5.89. The van der Waals surface area contributed by atoms with Crippen molar-refractivity contribution < 1.29 is 13.9 Å². The van der Waals surface area contributed by atoms with Crippen LogP contribution in [0.5, 0.6) is 11.5 Å². The number of hydrogen-bond acceptors (Lipinski definition) is 3. The lowest BCUT2D eigenvalue weighted by Crippen LogP contribution is -2.45. The Hall–Kier alpha value is -2.53. The standard InChI is InChI=1S/C24H27FN2O2/c1-28-23-5-2-6-24-21(23)13-19(15-29-24)27(18-8-9-18)11-3-4-16-14-26-22-10-7-17(25)12-20(16)22/h2,5-7,10,12,14,18-19,26H,3-4,8-9,11,13,15H2,1H3. The summed E-state index contributed by atoms with van der Waals surface area (Å²) in [5, 5.41) is 1.00. The van der Waals surface area contributed by atoms with Crippen LogP contribution in [0.1, 0.15) is 30.4 Å². The molecule has 0 radical (unpaired) electrons. The van der Waals surface area contributed by atoms with Gasteiger partial charge >= 0.3 is 0 Å². The lowest BCUT2D eigenvalue weighted by Gasteiger charge is -2.35. The highest BCUT2D eigenvalue weighted by Gasteiger charge is 2.36. The molecule has 1 atom stereocenters. The number of nitrogens with zero attached hydrogens (tertiary/aromatic N) is 1. The number of benzene rings is 2. The number of rotatable bonds is 7. The minimum atomic E-state index is -0.176. The number of aromatic nitrogens is 1. The van der Waals surface area contributed by atoms with Crippen LogP contribution in [-0.4, -0.2) is 42.2 Å². The Kier molecular flexibility index (Phi) is 4.92. The van der Waals surface area contributed by atoms with Crippen LogP contribution in [0.2, 0.25) is 0 Å². The molecule has 1 saturated carbocycles. The molecule has 152 valence electrons. The van der Waals surface area contributed by atoms with Gasteiger partial charge in [-0.3, -0.25) is 4.90 Å². The lowest BCUT2D eigenvalue weighted by atomic mass is 9.99. The highest BCUT2D eigenvalue weighted by atomic mass is 19.1. The summed E-state index contributed by atoms with van der Waals surface area (Å²) >= 11 is 0. The molecule has 0 saturated heterocycles. The summed E-state index contributed by atoms with van der Waals surface area (Å²) in [7, 11) is 1.72. The molecule has 5 heteroatoms. The molecule has 4 nitrogen and oxygen atoms in total. The third kappa shape index (κ3) is 3.71. The summed E-state index contributed by atoms with van der Waals surface area (Å²) in [5.41, 5.74) is 3.39. The van der Waals surface area contributed by atoms with Crippen LogP contribution in [0.4, 0.5) is 4.39 Å². The molecule has 2 aliphatic rings. The summed E-state index contributed by atoms with van der Waals surface area (Å²) in [6.07, 6.45) is 7.53. The first-order valence-corrected chi connectivity index (χ1v) is 10.5. The topological polar surface area (TPSA) is 37.5 Å². The Labute approximate surface area is 170 Å². The van der Waals surface area contributed by atoms with E-state index >= 15 is 0 Å². The average Bonchev–Trinajstić information content (AvgIpc) is 3.51. The molecule has 0 amide bonds. The minimum Gasteiger partial charge on any atom is -0.496 e. The number of aromatic amines is 1.